The van der Waals surface area contributed by atoms with Crippen molar-refractivity contribution < 1.29 is 18.7 Å². The molecule has 0 fully saturated rings. The molecule has 1 heterocycles. The minimum absolute atomic E-state index is 0.106. The van der Waals surface area contributed by atoms with Gasteiger partial charge in [0, 0.05) is 4.47 Å². The van der Waals surface area contributed by atoms with Gasteiger partial charge in [0.2, 0.25) is 0 Å². The second-order valence-corrected chi connectivity index (χ2v) is 5.92. The maximum atomic E-state index is 13.7. The topological polar surface area (TPSA) is 68.3 Å². The van der Waals surface area contributed by atoms with Crippen LogP contribution in [0.15, 0.2) is 22.7 Å². The summed E-state index contributed by atoms with van der Waals surface area (Å²) in [6, 6.07) is 4.11. The molecular weight excluding hydrogens is 363 g/mol. The normalized spacial score (nSPS) is 10.3. The van der Waals surface area contributed by atoms with Crippen LogP contribution in [0.25, 0.3) is 0 Å². The molecule has 0 aliphatic carbocycles. The number of carbonyl (C=O) groups is 2. The molecule has 1 N–H and O–H groups in total. The van der Waals surface area contributed by atoms with E-state index in [2.05, 4.69) is 31.0 Å². The Morgan fingerprint density at radius 1 is 1.43 bits per heavy atom. The summed E-state index contributed by atoms with van der Waals surface area (Å²) in [4.78, 5) is 27.8. The number of carbonyl (C=O) groups excluding carboxylic acids is 2. The summed E-state index contributed by atoms with van der Waals surface area (Å²) in [5, 5.41) is 2.67. The Morgan fingerprint density at radius 2 is 2.14 bits per heavy atom. The number of halogens is 2. The molecule has 0 saturated carbocycles. The number of ether oxygens (including phenoxy) is 1. The fourth-order valence-electron chi connectivity index (χ4n) is 1.57. The van der Waals surface area contributed by atoms with Crippen LogP contribution in [0.4, 0.5) is 9.52 Å². The first-order chi connectivity index (χ1) is 9.92. The van der Waals surface area contributed by atoms with Crippen LogP contribution in [0.3, 0.4) is 0 Å². The first kappa shape index (κ1) is 15.6. The van der Waals surface area contributed by atoms with Crippen molar-refractivity contribution in [2.75, 3.05) is 12.4 Å². The summed E-state index contributed by atoms with van der Waals surface area (Å²) in [7, 11) is 1.26. The summed E-state index contributed by atoms with van der Waals surface area (Å²) in [6.45, 7) is 1.62. The lowest BCUT2D eigenvalue weighted by atomic mass is 10.2. The van der Waals surface area contributed by atoms with Gasteiger partial charge in [0.15, 0.2) is 5.13 Å². The van der Waals surface area contributed by atoms with Crippen molar-refractivity contribution in [3.63, 3.8) is 0 Å². The van der Waals surface area contributed by atoms with Crippen LogP contribution in [0.2, 0.25) is 0 Å². The molecule has 0 bridgehead atoms. The fourth-order valence-corrected chi connectivity index (χ4v) is 2.78. The molecule has 0 saturated heterocycles. The number of anilines is 1. The van der Waals surface area contributed by atoms with Crippen molar-refractivity contribution in [3.8, 4) is 0 Å². The van der Waals surface area contributed by atoms with Crippen molar-refractivity contribution in [2.45, 2.75) is 6.92 Å². The number of rotatable bonds is 3. The van der Waals surface area contributed by atoms with Gasteiger partial charge in [-0.1, -0.05) is 27.3 Å². The molecule has 2 rings (SSSR count). The largest absolute Gasteiger partial charge is 0.465 e. The SMILES string of the molecule is COC(=O)c1sc(NC(=O)c2ccc(Br)cc2F)nc1C. The third-order valence-corrected chi connectivity index (χ3v) is 4.11. The summed E-state index contributed by atoms with van der Waals surface area (Å²) in [5.41, 5.74) is 0.337. The van der Waals surface area contributed by atoms with E-state index >= 15 is 0 Å². The van der Waals surface area contributed by atoms with Crippen molar-refractivity contribution in [1.29, 1.82) is 0 Å². The van der Waals surface area contributed by atoms with Gasteiger partial charge in [0.1, 0.15) is 10.7 Å². The van der Waals surface area contributed by atoms with Crippen molar-refractivity contribution in [3.05, 3.63) is 44.6 Å². The van der Waals surface area contributed by atoms with E-state index in [9.17, 15) is 14.0 Å². The fraction of sp³-hybridized carbons (Fsp3) is 0.154. The van der Waals surface area contributed by atoms with Gasteiger partial charge in [0.25, 0.3) is 5.91 Å². The number of aromatic nitrogens is 1. The highest BCUT2D eigenvalue weighted by molar-refractivity contribution is 9.10. The lowest BCUT2D eigenvalue weighted by molar-refractivity contribution is 0.0605. The third-order valence-electron chi connectivity index (χ3n) is 2.56. The Labute approximate surface area is 132 Å². The van der Waals surface area contributed by atoms with Gasteiger partial charge in [-0.15, -0.1) is 0 Å². The highest BCUT2D eigenvalue weighted by Crippen LogP contribution is 2.24. The van der Waals surface area contributed by atoms with E-state index in [4.69, 9.17) is 0 Å². The molecule has 0 unspecified atom stereocenters. The molecule has 0 radical (unpaired) electrons. The minimum Gasteiger partial charge on any atom is -0.465 e. The molecule has 8 heteroatoms. The quantitative estimate of drug-likeness (QED) is 0.838. The van der Waals surface area contributed by atoms with Crippen molar-refractivity contribution >= 4 is 44.3 Å². The predicted octanol–water partition coefficient (Wildman–Crippen LogP) is 3.39. The Bertz CT molecular complexity index is 717. The number of benzene rings is 1. The van der Waals surface area contributed by atoms with Crippen LogP contribution in [0, 0.1) is 12.7 Å². The molecule has 0 aliphatic heterocycles. The van der Waals surface area contributed by atoms with Gasteiger partial charge in [-0.2, -0.15) is 0 Å². The van der Waals surface area contributed by atoms with E-state index < -0.39 is 17.7 Å². The van der Waals surface area contributed by atoms with Gasteiger partial charge in [-0.3, -0.25) is 10.1 Å². The molecular formula is C13H10BrFN2O3S. The Balaban J connectivity index is 2.22. The number of hydrogen-bond acceptors (Lipinski definition) is 5. The van der Waals surface area contributed by atoms with E-state index in [1.165, 1.54) is 19.2 Å². The maximum Gasteiger partial charge on any atom is 0.350 e. The van der Waals surface area contributed by atoms with Crippen LogP contribution >= 0.6 is 27.3 Å². The molecule has 1 amide bonds. The summed E-state index contributed by atoms with van der Waals surface area (Å²) < 4.78 is 18.8. The Hall–Kier alpha value is -1.80. The summed E-state index contributed by atoms with van der Waals surface area (Å²) >= 11 is 4.09. The molecule has 0 spiro atoms. The first-order valence-corrected chi connectivity index (χ1v) is 7.35. The lowest BCUT2D eigenvalue weighted by Crippen LogP contribution is -2.13. The molecule has 1 aromatic carbocycles. The average molecular weight is 373 g/mol. The second-order valence-electron chi connectivity index (χ2n) is 4.00. The smallest absolute Gasteiger partial charge is 0.350 e. The van der Waals surface area contributed by atoms with Gasteiger partial charge < -0.3 is 4.74 Å². The van der Waals surface area contributed by atoms with Crippen LogP contribution < -0.4 is 5.32 Å². The monoisotopic (exact) mass is 372 g/mol. The standard InChI is InChI=1S/C13H10BrFN2O3S/c1-6-10(12(19)20-2)21-13(16-6)17-11(18)8-4-3-7(14)5-9(8)15/h3-5H,1-2H3,(H,16,17,18). The highest BCUT2D eigenvalue weighted by Gasteiger charge is 2.18. The molecule has 21 heavy (non-hydrogen) atoms. The Morgan fingerprint density at radius 3 is 2.76 bits per heavy atom. The van der Waals surface area contributed by atoms with Crippen molar-refractivity contribution in [2.24, 2.45) is 0 Å². The van der Waals surface area contributed by atoms with Gasteiger partial charge in [0.05, 0.1) is 18.4 Å². The molecule has 2 aromatic rings. The summed E-state index contributed by atoms with van der Waals surface area (Å²) in [6.07, 6.45) is 0. The van der Waals surface area contributed by atoms with Crippen LogP contribution in [0.1, 0.15) is 25.7 Å². The molecule has 1 aromatic heterocycles. The van der Waals surface area contributed by atoms with Crippen LogP contribution in [0.5, 0.6) is 0 Å². The number of methoxy groups -OCH3 is 1. The minimum atomic E-state index is -0.650. The number of esters is 1. The zero-order valence-electron chi connectivity index (χ0n) is 11.1. The van der Waals surface area contributed by atoms with E-state index in [0.717, 1.165) is 11.3 Å². The van der Waals surface area contributed by atoms with E-state index in [1.807, 2.05) is 0 Å². The molecule has 5 nitrogen and oxygen atoms in total. The van der Waals surface area contributed by atoms with Crippen molar-refractivity contribution in [1.82, 2.24) is 4.98 Å². The maximum absolute atomic E-state index is 13.7. The average Bonchev–Trinajstić information content (AvgIpc) is 2.78. The van der Waals surface area contributed by atoms with Gasteiger partial charge in [-0.25, -0.2) is 14.2 Å². The van der Waals surface area contributed by atoms with Crippen LogP contribution in [-0.2, 0) is 4.74 Å². The molecule has 0 aliphatic rings. The number of aryl methyl sites for hydroxylation is 1. The molecule has 0 atom stereocenters. The van der Waals surface area contributed by atoms with E-state index in [-0.39, 0.29) is 10.7 Å². The number of nitrogens with zero attached hydrogens (tertiary/aromatic N) is 1. The number of amides is 1. The van der Waals surface area contributed by atoms with Crippen LogP contribution in [-0.4, -0.2) is 24.0 Å². The number of hydrogen-bond donors (Lipinski definition) is 1. The van der Waals surface area contributed by atoms with Gasteiger partial charge >= 0.3 is 5.97 Å². The Kier molecular flexibility index (Phi) is 4.69. The second kappa shape index (κ2) is 6.31. The zero-order chi connectivity index (χ0) is 15.6. The number of nitrogens with one attached hydrogen (secondary N) is 1. The van der Waals surface area contributed by atoms with E-state index in [1.54, 1.807) is 13.0 Å². The third kappa shape index (κ3) is 3.45. The molecule has 110 valence electrons. The predicted molar refractivity (Wildman–Crippen MR) is 80.2 cm³/mol. The summed E-state index contributed by atoms with van der Waals surface area (Å²) in [5.74, 6) is -1.81. The first-order valence-electron chi connectivity index (χ1n) is 5.74. The zero-order valence-corrected chi connectivity index (χ0v) is 13.5. The van der Waals surface area contributed by atoms with E-state index in [0.29, 0.717) is 15.0 Å². The highest BCUT2D eigenvalue weighted by atomic mass is 79.9. The lowest BCUT2D eigenvalue weighted by Gasteiger charge is -2.03. The van der Waals surface area contributed by atoms with Gasteiger partial charge in [-0.05, 0) is 25.1 Å². The number of thiazole rings is 1.